The summed E-state index contributed by atoms with van der Waals surface area (Å²) in [7, 11) is 0. The van der Waals surface area contributed by atoms with Gasteiger partial charge in [-0.1, -0.05) is 12.8 Å². The zero-order valence-corrected chi connectivity index (χ0v) is 13.2. The lowest BCUT2D eigenvalue weighted by Crippen LogP contribution is -2.39. The van der Waals surface area contributed by atoms with Crippen LogP contribution in [0.1, 0.15) is 38.5 Å². The molecule has 0 aromatic carbocycles. The lowest BCUT2D eigenvalue weighted by molar-refractivity contribution is 0.304. The predicted molar refractivity (Wildman–Crippen MR) is 82.8 cm³/mol. The molecule has 0 N–H and O–H groups in total. The number of hydrogen-bond acceptors (Lipinski definition) is 2. The molecule has 6 heteroatoms. The van der Waals surface area contributed by atoms with Gasteiger partial charge in [0.05, 0.1) is 0 Å². The van der Waals surface area contributed by atoms with Gasteiger partial charge in [0.1, 0.15) is 6.33 Å². The molecule has 0 radical (unpaired) electrons. The molecule has 2 aliphatic rings. The minimum Gasteiger partial charge on any atom is -0.285 e. The van der Waals surface area contributed by atoms with Gasteiger partial charge in [0.15, 0.2) is 6.49 Å². The van der Waals surface area contributed by atoms with Crippen LogP contribution in [0.2, 0.25) is 0 Å². The van der Waals surface area contributed by atoms with Gasteiger partial charge in [0.2, 0.25) is 0 Å². The predicted octanol–water partition coefficient (Wildman–Crippen LogP) is 2.93. The molecule has 3 heterocycles. The maximum atomic E-state index is 6.25. The van der Waals surface area contributed by atoms with Gasteiger partial charge in [-0.25, -0.2) is 14.3 Å². The van der Waals surface area contributed by atoms with E-state index in [9.17, 15) is 0 Å². The lowest BCUT2D eigenvalue weighted by Gasteiger charge is -2.45. The fraction of sp³-hybridized carbons (Fsp3) is 0.769. The van der Waals surface area contributed by atoms with E-state index in [1.54, 1.807) is 0 Å². The van der Waals surface area contributed by atoms with Gasteiger partial charge in [-0.15, -0.1) is 0 Å². The summed E-state index contributed by atoms with van der Waals surface area (Å²) in [5, 5.41) is 0. The number of hydrogen-bond donors (Lipinski definition) is 0. The van der Waals surface area contributed by atoms with E-state index in [4.69, 9.17) is 11.8 Å². The Kier molecular flexibility index (Phi) is 4.37. The molecule has 2 saturated heterocycles. The minimum atomic E-state index is -1.82. The first-order valence-corrected chi connectivity index (χ1v) is 10.1. The first-order valence-electron chi connectivity index (χ1n) is 7.41. The number of imidazole rings is 1. The van der Waals surface area contributed by atoms with Crippen LogP contribution < -0.4 is 0 Å². The van der Waals surface area contributed by atoms with Crippen molar-refractivity contribution in [1.29, 1.82) is 0 Å². The summed E-state index contributed by atoms with van der Waals surface area (Å²) in [6, 6.07) is 0. The van der Waals surface area contributed by atoms with Crippen molar-refractivity contribution in [3.63, 3.8) is 0 Å². The molecule has 2 aliphatic heterocycles. The molecule has 19 heavy (non-hydrogen) atoms. The van der Waals surface area contributed by atoms with Crippen molar-refractivity contribution in [1.82, 2.24) is 18.7 Å². The summed E-state index contributed by atoms with van der Waals surface area (Å²) < 4.78 is 7.40. The second-order valence-corrected chi connectivity index (χ2v) is 9.57. The zero-order chi connectivity index (χ0) is 13.1. The monoisotopic (exact) mass is 298 g/mol. The van der Waals surface area contributed by atoms with Crippen molar-refractivity contribution >= 4 is 18.3 Å². The molecular weight excluding hydrogens is 275 g/mol. The molecular formula is C13H23N4PS. The number of nitrogens with zero attached hydrogens (tertiary/aromatic N) is 4. The first-order chi connectivity index (χ1) is 9.32. The van der Waals surface area contributed by atoms with Crippen LogP contribution >= 0.6 is 6.49 Å². The standard InChI is InChI=1S/C13H23N4PS/c19-18(17-12-7-14-13-17,15-8-3-1-4-9-15)16-10-5-2-6-11-16/h7,12-13H,1-6,8-11H2. The van der Waals surface area contributed by atoms with Gasteiger partial charge in [0.25, 0.3) is 0 Å². The zero-order valence-electron chi connectivity index (χ0n) is 11.4. The smallest absolute Gasteiger partial charge is 0.174 e. The van der Waals surface area contributed by atoms with E-state index in [2.05, 4.69) is 24.9 Å². The molecule has 4 nitrogen and oxygen atoms in total. The normalized spacial score (nSPS) is 23.6. The van der Waals surface area contributed by atoms with Crippen molar-refractivity contribution in [2.75, 3.05) is 26.2 Å². The van der Waals surface area contributed by atoms with Crippen LogP contribution in [-0.2, 0) is 11.8 Å². The van der Waals surface area contributed by atoms with Gasteiger partial charge in [-0.05, 0) is 37.5 Å². The molecule has 1 aromatic rings. The van der Waals surface area contributed by atoms with Crippen LogP contribution in [0.5, 0.6) is 0 Å². The molecule has 0 saturated carbocycles. The van der Waals surface area contributed by atoms with Gasteiger partial charge in [0, 0.05) is 38.6 Å². The molecule has 0 spiro atoms. The summed E-state index contributed by atoms with van der Waals surface area (Å²) in [6.45, 7) is 2.81. The maximum Gasteiger partial charge on any atom is 0.174 e. The van der Waals surface area contributed by atoms with E-state index in [-0.39, 0.29) is 0 Å². The summed E-state index contributed by atoms with van der Waals surface area (Å²) in [5.41, 5.74) is 0. The molecule has 3 rings (SSSR count). The first kappa shape index (κ1) is 13.7. The largest absolute Gasteiger partial charge is 0.285 e. The number of piperidine rings is 2. The Morgan fingerprint density at radius 1 is 0.842 bits per heavy atom. The van der Waals surface area contributed by atoms with Crippen molar-refractivity contribution in [2.45, 2.75) is 38.5 Å². The highest BCUT2D eigenvalue weighted by Gasteiger charge is 2.35. The summed E-state index contributed by atoms with van der Waals surface area (Å²) >= 11 is 6.25. The minimum absolute atomic E-state index is 1.16. The fourth-order valence-electron chi connectivity index (χ4n) is 3.15. The molecule has 0 aliphatic carbocycles. The van der Waals surface area contributed by atoms with E-state index >= 15 is 0 Å². The van der Waals surface area contributed by atoms with Crippen LogP contribution in [0.15, 0.2) is 18.7 Å². The Balaban J connectivity index is 1.92. The summed E-state index contributed by atoms with van der Waals surface area (Å²) in [6.07, 6.45) is 13.8. The van der Waals surface area contributed by atoms with Crippen LogP contribution in [0.4, 0.5) is 0 Å². The topological polar surface area (TPSA) is 24.3 Å². The highest BCUT2D eigenvalue weighted by atomic mass is 32.4. The molecule has 1 aromatic heterocycles. The third-order valence-electron chi connectivity index (χ3n) is 4.19. The van der Waals surface area contributed by atoms with Crippen LogP contribution in [0.25, 0.3) is 0 Å². The van der Waals surface area contributed by atoms with E-state index in [0.29, 0.717) is 0 Å². The Labute approximate surface area is 121 Å². The maximum absolute atomic E-state index is 6.25. The quantitative estimate of drug-likeness (QED) is 0.801. The Morgan fingerprint density at radius 2 is 1.37 bits per heavy atom. The van der Waals surface area contributed by atoms with Gasteiger partial charge in [-0.2, -0.15) is 0 Å². The second-order valence-electron chi connectivity index (χ2n) is 5.48. The van der Waals surface area contributed by atoms with Crippen LogP contribution in [0, 0.1) is 0 Å². The Bertz CT molecular complexity index is 414. The van der Waals surface area contributed by atoms with Gasteiger partial charge >= 0.3 is 0 Å². The summed E-state index contributed by atoms with van der Waals surface area (Å²) in [5.74, 6) is 0. The van der Waals surface area contributed by atoms with Crippen LogP contribution in [-0.4, -0.2) is 44.8 Å². The Morgan fingerprint density at radius 3 is 1.79 bits per heavy atom. The van der Waals surface area contributed by atoms with E-state index in [1.807, 2.05) is 12.5 Å². The number of aromatic nitrogens is 2. The summed E-state index contributed by atoms with van der Waals surface area (Å²) in [4.78, 5) is 4.25. The molecule has 0 unspecified atom stereocenters. The average Bonchev–Trinajstić information content (AvgIpc) is 3.03. The molecule has 0 amide bonds. The van der Waals surface area contributed by atoms with Gasteiger partial charge in [-0.3, -0.25) is 4.34 Å². The molecule has 2 fully saturated rings. The van der Waals surface area contributed by atoms with Gasteiger partial charge < -0.3 is 0 Å². The van der Waals surface area contributed by atoms with Crippen LogP contribution in [0.3, 0.4) is 0 Å². The third kappa shape index (κ3) is 2.66. The van der Waals surface area contributed by atoms with E-state index < -0.39 is 6.49 Å². The van der Waals surface area contributed by atoms with Crippen molar-refractivity contribution < 1.29 is 0 Å². The van der Waals surface area contributed by atoms with E-state index in [1.165, 1.54) is 38.5 Å². The molecule has 106 valence electrons. The van der Waals surface area contributed by atoms with E-state index in [0.717, 1.165) is 26.2 Å². The molecule has 0 bridgehead atoms. The second kappa shape index (κ2) is 6.04. The highest BCUT2D eigenvalue weighted by molar-refractivity contribution is 8.11. The lowest BCUT2D eigenvalue weighted by atomic mass is 10.2. The van der Waals surface area contributed by atoms with Crippen molar-refractivity contribution in [2.24, 2.45) is 0 Å². The number of rotatable bonds is 3. The fourth-order valence-corrected chi connectivity index (χ4v) is 7.40. The SMILES string of the molecule is S=P(N1CCCCC1)(N1CCCCC1)n1ccnc1. The Hall–Kier alpha value is -0.220. The third-order valence-corrected chi connectivity index (χ3v) is 9.26. The molecule has 0 atom stereocenters. The highest BCUT2D eigenvalue weighted by Crippen LogP contribution is 2.56. The van der Waals surface area contributed by atoms with Crippen molar-refractivity contribution in [3.05, 3.63) is 18.7 Å². The van der Waals surface area contributed by atoms with Crippen molar-refractivity contribution in [3.8, 4) is 0 Å². The average molecular weight is 298 g/mol.